The van der Waals surface area contributed by atoms with E-state index in [1.165, 1.54) is 18.7 Å². The topological polar surface area (TPSA) is 13.7 Å². The predicted octanol–water partition coefficient (Wildman–Crippen LogP) is 4.52. The van der Waals surface area contributed by atoms with Crippen LogP contribution in [0.3, 0.4) is 0 Å². The summed E-state index contributed by atoms with van der Waals surface area (Å²) in [6.45, 7) is 0.912. The molecule has 3 rings (SSSR count). The Morgan fingerprint density at radius 3 is 2.43 bits per heavy atom. The quantitative estimate of drug-likeness (QED) is 0.536. The molecule has 0 amide bonds. The van der Waals surface area contributed by atoms with Crippen LogP contribution in [0.15, 0.2) is 12.1 Å². The molecule has 2 aromatic rings. The van der Waals surface area contributed by atoms with Crippen molar-refractivity contribution in [3.05, 3.63) is 37.8 Å². The molecule has 0 radical (unpaired) electrons. The van der Waals surface area contributed by atoms with Crippen LogP contribution in [0.1, 0.15) is 25.1 Å². The third-order valence-corrected chi connectivity index (χ3v) is 5.10. The monoisotopic (exact) mass is 362 g/mol. The number of halogens is 3. The van der Waals surface area contributed by atoms with Gasteiger partial charge in [0.2, 0.25) is 5.82 Å². The van der Waals surface area contributed by atoms with Gasteiger partial charge >= 0.3 is 4.77 Å². The number of rotatable bonds is 1. The molecule has 21 heavy (non-hydrogen) atoms. The number of hydrogen-bond donors (Lipinski definition) is 0. The number of hydrogen-bond acceptors (Lipinski definition) is 1. The van der Waals surface area contributed by atoms with E-state index in [1.807, 2.05) is 16.3 Å². The summed E-state index contributed by atoms with van der Waals surface area (Å²) in [5.74, 6) is 1.21. The molecular weight excluding hydrogens is 349 g/mol. The molecule has 2 heterocycles. The zero-order chi connectivity index (χ0) is 15.1. The largest absolute Gasteiger partial charge is 0.331 e. The van der Waals surface area contributed by atoms with Crippen LogP contribution in [-0.4, -0.2) is 9.36 Å². The van der Waals surface area contributed by atoms with Crippen molar-refractivity contribution in [2.24, 2.45) is 7.05 Å². The highest BCUT2D eigenvalue weighted by Gasteiger charge is 2.28. The third kappa shape index (κ3) is 2.63. The van der Waals surface area contributed by atoms with E-state index in [0.29, 0.717) is 25.5 Å². The first kappa shape index (κ1) is 15.3. The summed E-state index contributed by atoms with van der Waals surface area (Å²) in [5.41, 5.74) is 0.705. The fourth-order valence-electron chi connectivity index (χ4n) is 2.84. The maximum Gasteiger partial charge on any atom is 0.331 e. The van der Waals surface area contributed by atoms with Gasteiger partial charge in [-0.15, -0.1) is 4.68 Å². The molecule has 0 spiro atoms. The Morgan fingerprint density at radius 2 is 1.76 bits per heavy atom. The first-order valence-corrected chi connectivity index (χ1v) is 8.40. The molecule has 1 aromatic carbocycles. The van der Waals surface area contributed by atoms with Crippen molar-refractivity contribution in [1.29, 1.82) is 0 Å². The Bertz CT molecular complexity index is 741. The van der Waals surface area contributed by atoms with E-state index in [2.05, 4.69) is 4.68 Å². The summed E-state index contributed by atoms with van der Waals surface area (Å²) in [6, 6.07) is 3.39. The minimum atomic E-state index is 0.508. The molecule has 0 fully saturated rings. The van der Waals surface area contributed by atoms with E-state index in [1.54, 1.807) is 12.1 Å². The maximum absolute atomic E-state index is 6.38. The molecular formula is C14H15Cl3N3S+. The molecule has 0 atom stereocenters. The lowest BCUT2D eigenvalue weighted by Gasteiger charge is -2.07. The van der Waals surface area contributed by atoms with E-state index in [9.17, 15) is 0 Å². The highest BCUT2D eigenvalue weighted by atomic mass is 35.5. The average Bonchev–Trinajstić information content (AvgIpc) is 2.60. The summed E-state index contributed by atoms with van der Waals surface area (Å²) in [7, 11) is 1.99. The molecule has 1 aliphatic rings. The highest BCUT2D eigenvalue weighted by Crippen LogP contribution is 2.33. The van der Waals surface area contributed by atoms with Crippen LogP contribution in [0.2, 0.25) is 15.1 Å². The van der Waals surface area contributed by atoms with Gasteiger partial charge in [0.05, 0.1) is 17.1 Å². The summed E-state index contributed by atoms with van der Waals surface area (Å²) < 4.78 is 6.87. The Hall–Kier alpha value is -0.550. The first-order chi connectivity index (χ1) is 10.0. The smallest absolute Gasteiger partial charge is 0.224 e. The van der Waals surface area contributed by atoms with Crippen LogP contribution in [0.4, 0.5) is 0 Å². The maximum atomic E-state index is 6.38. The molecule has 0 bridgehead atoms. The minimum absolute atomic E-state index is 0.508. The van der Waals surface area contributed by atoms with Crippen LogP contribution in [0, 0.1) is 4.77 Å². The minimum Gasteiger partial charge on any atom is -0.224 e. The molecule has 0 aliphatic carbocycles. The second kappa shape index (κ2) is 5.92. The molecule has 0 unspecified atom stereocenters. The van der Waals surface area contributed by atoms with Gasteiger partial charge in [-0.3, -0.25) is 0 Å². The Morgan fingerprint density at radius 1 is 1.10 bits per heavy atom. The molecule has 7 heteroatoms. The molecule has 3 nitrogen and oxygen atoms in total. The third-order valence-electron chi connectivity index (χ3n) is 3.86. The van der Waals surface area contributed by atoms with E-state index in [0.717, 1.165) is 19.4 Å². The molecule has 0 saturated heterocycles. The van der Waals surface area contributed by atoms with E-state index in [4.69, 9.17) is 47.0 Å². The van der Waals surface area contributed by atoms with Crippen LogP contribution >= 0.6 is 47.0 Å². The van der Waals surface area contributed by atoms with Gasteiger partial charge in [0.15, 0.2) is 5.69 Å². The van der Waals surface area contributed by atoms with E-state index in [-0.39, 0.29) is 0 Å². The number of nitrogens with zero attached hydrogens (tertiary/aromatic N) is 3. The summed E-state index contributed by atoms with van der Waals surface area (Å²) in [6.07, 6.45) is 4.53. The fraction of sp³-hybridized carbons (Fsp3) is 0.429. The Balaban J connectivity index is 2.32. The summed E-state index contributed by atoms with van der Waals surface area (Å²) >= 11 is 24.4. The van der Waals surface area contributed by atoms with Crippen molar-refractivity contribution >= 4 is 47.0 Å². The van der Waals surface area contributed by atoms with Gasteiger partial charge in [0.1, 0.15) is 6.54 Å². The predicted molar refractivity (Wildman–Crippen MR) is 88.4 cm³/mol. The standard InChI is InChI=1S/C14H15Cl3N3S/c1-18-12-5-3-2-4-6-19(12)20(14(18)21)13-10(16)7-9(15)8-11(13)17/h7-8H,2-6H2,1H3/q+1. The Labute approximate surface area is 143 Å². The van der Waals surface area contributed by atoms with Gasteiger partial charge in [-0.2, -0.15) is 0 Å². The van der Waals surface area contributed by atoms with Gasteiger partial charge in [-0.05, 0) is 43.6 Å². The summed E-state index contributed by atoms with van der Waals surface area (Å²) in [5, 5.41) is 1.54. The van der Waals surface area contributed by atoms with Gasteiger partial charge in [-0.1, -0.05) is 39.5 Å². The van der Waals surface area contributed by atoms with Gasteiger partial charge in [0, 0.05) is 11.4 Å². The lowest BCUT2D eigenvalue weighted by molar-refractivity contribution is -0.686. The van der Waals surface area contributed by atoms with Gasteiger partial charge in [0.25, 0.3) is 0 Å². The summed E-state index contributed by atoms with van der Waals surface area (Å²) in [4.78, 5) is 0. The molecule has 1 aromatic heterocycles. The normalized spacial score (nSPS) is 14.9. The SMILES string of the molecule is C[n+]1c2n(n(-c3c(Cl)cc(Cl)cc3Cl)c1=S)CCCCC2. The molecule has 0 N–H and O–H groups in total. The van der Waals surface area contributed by atoms with Gasteiger partial charge in [-0.25, -0.2) is 4.57 Å². The molecule has 0 saturated carbocycles. The highest BCUT2D eigenvalue weighted by molar-refractivity contribution is 7.71. The van der Waals surface area contributed by atoms with Crippen molar-refractivity contribution in [3.8, 4) is 5.69 Å². The van der Waals surface area contributed by atoms with Crippen molar-refractivity contribution < 1.29 is 4.57 Å². The number of benzene rings is 1. The number of fused-ring (bicyclic) bond motifs is 1. The van der Waals surface area contributed by atoms with Crippen LogP contribution in [0.25, 0.3) is 5.69 Å². The zero-order valence-electron chi connectivity index (χ0n) is 11.6. The average molecular weight is 364 g/mol. The Kier molecular flexibility index (Phi) is 4.33. The van der Waals surface area contributed by atoms with Crippen molar-refractivity contribution in [1.82, 2.24) is 9.36 Å². The first-order valence-electron chi connectivity index (χ1n) is 6.86. The van der Waals surface area contributed by atoms with Crippen LogP contribution in [0.5, 0.6) is 0 Å². The fourth-order valence-corrected chi connectivity index (χ4v) is 4.12. The van der Waals surface area contributed by atoms with Crippen LogP contribution < -0.4 is 4.57 Å². The second-order valence-corrected chi connectivity index (χ2v) is 6.84. The van der Waals surface area contributed by atoms with Crippen molar-refractivity contribution in [2.45, 2.75) is 32.2 Å². The van der Waals surface area contributed by atoms with Crippen LogP contribution in [-0.2, 0) is 20.0 Å². The zero-order valence-corrected chi connectivity index (χ0v) is 14.7. The van der Waals surface area contributed by atoms with Crippen molar-refractivity contribution in [2.75, 3.05) is 0 Å². The molecule has 1 aliphatic heterocycles. The lowest BCUT2D eigenvalue weighted by Crippen LogP contribution is -2.33. The van der Waals surface area contributed by atoms with E-state index >= 15 is 0 Å². The molecule has 112 valence electrons. The lowest BCUT2D eigenvalue weighted by atomic mass is 10.2. The van der Waals surface area contributed by atoms with Gasteiger partial charge < -0.3 is 0 Å². The number of aromatic nitrogens is 3. The van der Waals surface area contributed by atoms with Crippen molar-refractivity contribution in [3.63, 3.8) is 0 Å². The second-order valence-electron chi connectivity index (χ2n) is 5.22. The van der Waals surface area contributed by atoms with E-state index < -0.39 is 0 Å².